The lowest BCUT2D eigenvalue weighted by molar-refractivity contribution is -0.0451. The van der Waals surface area contributed by atoms with Crippen LogP contribution in [0.15, 0.2) is 6.07 Å². The van der Waals surface area contributed by atoms with Crippen LogP contribution in [0.1, 0.15) is 47.9 Å². The molecule has 21 heavy (non-hydrogen) atoms. The minimum atomic E-state index is -0.415. The highest BCUT2D eigenvalue weighted by Crippen LogP contribution is 2.26. The molecular formula is C17H29NO2S. The van der Waals surface area contributed by atoms with E-state index in [0.29, 0.717) is 25.2 Å². The van der Waals surface area contributed by atoms with Crippen molar-refractivity contribution in [3.05, 3.63) is 21.4 Å². The molecular weight excluding hydrogens is 282 g/mol. The van der Waals surface area contributed by atoms with Gasteiger partial charge in [0.25, 0.3) is 0 Å². The first-order chi connectivity index (χ1) is 10.1. The molecule has 3 atom stereocenters. The van der Waals surface area contributed by atoms with Crippen molar-refractivity contribution in [2.75, 3.05) is 13.2 Å². The van der Waals surface area contributed by atoms with Gasteiger partial charge in [-0.05, 0) is 44.2 Å². The predicted molar refractivity (Wildman–Crippen MR) is 88.9 cm³/mol. The quantitative estimate of drug-likeness (QED) is 0.811. The SMILES string of the molecule is Cc1cc(CNCC(O)COC2CCCCC2C)sc1C. The summed E-state index contributed by atoms with van der Waals surface area (Å²) in [5.41, 5.74) is 1.35. The fourth-order valence-corrected chi connectivity index (χ4v) is 3.95. The molecule has 1 aliphatic rings. The molecule has 2 N–H and O–H groups in total. The summed E-state index contributed by atoms with van der Waals surface area (Å²) in [5, 5.41) is 13.3. The summed E-state index contributed by atoms with van der Waals surface area (Å²) in [4.78, 5) is 2.71. The summed E-state index contributed by atoms with van der Waals surface area (Å²) in [6, 6.07) is 2.22. The first-order valence-corrected chi connectivity index (χ1v) is 8.94. The minimum absolute atomic E-state index is 0.344. The molecule has 1 fully saturated rings. The van der Waals surface area contributed by atoms with E-state index in [1.54, 1.807) is 0 Å². The van der Waals surface area contributed by atoms with Crippen molar-refractivity contribution in [3.8, 4) is 0 Å². The summed E-state index contributed by atoms with van der Waals surface area (Å²) in [6.45, 7) is 8.43. The molecule has 1 aromatic rings. The van der Waals surface area contributed by atoms with Crippen LogP contribution in [0.2, 0.25) is 0 Å². The minimum Gasteiger partial charge on any atom is -0.389 e. The smallest absolute Gasteiger partial charge is 0.0897 e. The van der Waals surface area contributed by atoms with Crippen LogP contribution in [0.5, 0.6) is 0 Å². The van der Waals surface area contributed by atoms with Crippen molar-refractivity contribution in [2.45, 2.75) is 65.2 Å². The molecule has 1 aromatic heterocycles. The van der Waals surface area contributed by atoms with Gasteiger partial charge in [-0.15, -0.1) is 11.3 Å². The lowest BCUT2D eigenvalue weighted by Crippen LogP contribution is -2.34. The van der Waals surface area contributed by atoms with Gasteiger partial charge in [0, 0.05) is 22.8 Å². The normalized spacial score (nSPS) is 24.2. The van der Waals surface area contributed by atoms with E-state index in [1.165, 1.54) is 34.6 Å². The Morgan fingerprint density at radius 3 is 2.81 bits per heavy atom. The molecule has 0 spiro atoms. The molecule has 1 aliphatic carbocycles. The van der Waals surface area contributed by atoms with Crippen molar-refractivity contribution in [2.24, 2.45) is 5.92 Å². The van der Waals surface area contributed by atoms with E-state index in [-0.39, 0.29) is 0 Å². The number of hydrogen-bond acceptors (Lipinski definition) is 4. The van der Waals surface area contributed by atoms with E-state index in [9.17, 15) is 5.11 Å². The largest absolute Gasteiger partial charge is 0.389 e. The lowest BCUT2D eigenvalue weighted by atomic mass is 9.88. The summed E-state index contributed by atoms with van der Waals surface area (Å²) >= 11 is 1.83. The summed E-state index contributed by atoms with van der Waals surface area (Å²) in [5.74, 6) is 0.635. The van der Waals surface area contributed by atoms with Crippen LogP contribution < -0.4 is 5.32 Å². The van der Waals surface area contributed by atoms with Crippen LogP contribution in [0.3, 0.4) is 0 Å². The molecule has 3 nitrogen and oxygen atoms in total. The van der Waals surface area contributed by atoms with Gasteiger partial charge in [0.2, 0.25) is 0 Å². The Kier molecular flexibility index (Phi) is 6.68. The molecule has 0 bridgehead atoms. The average Bonchev–Trinajstić information content (AvgIpc) is 2.77. The number of ether oxygens (including phenoxy) is 1. The molecule has 1 heterocycles. The maximum atomic E-state index is 10.0. The van der Waals surface area contributed by atoms with Gasteiger partial charge in [0.15, 0.2) is 0 Å². The molecule has 2 rings (SSSR count). The fourth-order valence-electron chi connectivity index (χ4n) is 2.92. The Balaban J connectivity index is 1.62. The Labute approximate surface area is 132 Å². The molecule has 1 saturated carbocycles. The van der Waals surface area contributed by atoms with Crippen molar-refractivity contribution in [1.82, 2.24) is 5.32 Å². The Morgan fingerprint density at radius 2 is 2.14 bits per heavy atom. The summed E-state index contributed by atoms with van der Waals surface area (Å²) in [6.07, 6.45) is 4.92. The van der Waals surface area contributed by atoms with E-state index in [2.05, 4.69) is 32.2 Å². The van der Waals surface area contributed by atoms with Crippen molar-refractivity contribution < 1.29 is 9.84 Å². The third-order valence-electron chi connectivity index (χ3n) is 4.43. The molecule has 0 radical (unpaired) electrons. The van der Waals surface area contributed by atoms with Crippen LogP contribution in [0, 0.1) is 19.8 Å². The van der Waals surface area contributed by atoms with Crippen molar-refractivity contribution in [3.63, 3.8) is 0 Å². The summed E-state index contributed by atoms with van der Waals surface area (Å²) in [7, 11) is 0. The highest BCUT2D eigenvalue weighted by Gasteiger charge is 2.22. The first kappa shape index (κ1) is 16.9. The molecule has 0 aromatic carbocycles. The summed E-state index contributed by atoms with van der Waals surface area (Å²) < 4.78 is 5.90. The number of rotatable bonds is 7. The van der Waals surface area contributed by atoms with Gasteiger partial charge in [-0.2, -0.15) is 0 Å². The third-order valence-corrected chi connectivity index (χ3v) is 5.58. The molecule has 4 heteroatoms. The van der Waals surface area contributed by atoms with Gasteiger partial charge in [-0.25, -0.2) is 0 Å². The number of aliphatic hydroxyl groups excluding tert-OH is 1. The Morgan fingerprint density at radius 1 is 1.38 bits per heavy atom. The van der Waals surface area contributed by atoms with Crippen LogP contribution in [-0.2, 0) is 11.3 Å². The number of nitrogens with one attached hydrogen (secondary N) is 1. The maximum absolute atomic E-state index is 10.0. The van der Waals surface area contributed by atoms with E-state index < -0.39 is 6.10 Å². The van der Waals surface area contributed by atoms with Gasteiger partial charge in [0.05, 0.1) is 18.8 Å². The van der Waals surface area contributed by atoms with Gasteiger partial charge >= 0.3 is 0 Å². The van der Waals surface area contributed by atoms with Crippen LogP contribution >= 0.6 is 11.3 Å². The van der Waals surface area contributed by atoms with Crippen LogP contribution in [0.25, 0.3) is 0 Å². The van der Waals surface area contributed by atoms with E-state index >= 15 is 0 Å². The molecule has 0 saturated heterocycles. The van der Waals surface area contributed by atoms with Crippen LogP contribution in [-0.4, -0.2) is 30.5 Å². The fraction of sp³-hybridized carbons (Fsp3) is 0.765. The van der Waals surface area contributed by atoms with Gasteiger partial charge in [-0.1, -0.05) is 19.8 Å². The van der Waals surface area contributed by atoms with E-state index in [1.807, 2.05) is 11.3 Å². The second-order valence-electron chi connectivity index (χ2n) is 6.37. The molecule has 0 aliphatic heterocycles. The van der Waals surface area contributed by atoms with E-state index in [4.69, 9.17) is 4.74 Å². The van der Waals surface area contributed by atoms with Gasteiger partial charge in [-0.3, -0.25) is 0 Å². The second-order valence-corrected chi connectivity index (χ2v) is 7.71. The average molecular weight is 311 g/mol. The van der Waals surface area contributed by atoms with Crippen molar-refractivity contribution in [1.29, 1.82) is 0 Å². The standard InChI is InChI=1S/C17H29NO2S/c1-12-6-4-5-7-17(12)20-11-15(19)9-18-10-16-8-13(2)14(3)21-16/h8,12,15,17-19H,4-7,9-11H2,1-3H3. The topological polar surface area (TPSA) is 41.5 Å². The van der Waals surface area contributed by atoms with E-state index in [0.717, 1.165) is 13.0 Å². The Hall–Kier alpha value is -0.420. The molecule has 0 amide bonds. The van der Waals surface area contributed by atoms with Crippen molar-refractivity contribution >= 4 is 11.3 Å². The van der Waals surface area contributed by atoms with Gasteiger partial charge < -0.3 is 15.2 Å². The third kappa shape index (κ3) is 5.37. The highest BCUT2D eigenvalue weighted by molar-refractivity contribution is 7.12. The highest BCUT2D eigenvalue weighted by atomic mass is 32.1. The molecule has 120 valence electrons. The number of aryl methyl sites for hydroxylation is 2. The number of aliphatic hydroxyl groups is 1. The zero-order chi connectivity index (χ0) is 15.2. The number of hydrogen-bond donors (Lipinski definition) is 2. The second kappa shape index (κ2) is 8.28. The maximum Gasteiger partial charge on any atom is 0.0897 e. The van der Waals surface area contributed by atoms with Crippen LogP contribution in [0.4, 0.5) is 0 Å². The lowest BCUT2D eigenvalue weighted by Gasteiger charge is -2.29. The molecule has 3 unspecified atom stereocenters. The zero-order valence-electron chi connectivity index (χ0n) is 13.5. The number of thiophene rings is 1. The monoisotopic (exact) mass is 311 g/mol. The zero-order valence-corrected chi connectivity index (χ0v) is 14.3. The predicted octanol–water partition coefficient (Wildman–Crippen LogP) is 3.41. The Bertz CT molecular complexity index is 413. The first-order valence-electron chi connectivity index (χ1n) is 8.12. The van der Waals surface area contributed by atoms with Gasteiger partial charge in [0.1, 0.15) is 0 Å².